The number of carboxylic acids is 1. The molecule has 2 heterocycles. The van der Waals surface area contributed by atoms with Crippen molar-refractivity contribution in [2.24, 2.45) is 0 Å². The molecule has 0 atom stereocenters. The minimum Gasteiger partial charge on any atom is -0.482 e. The zero-order valence-electron chi connectivity index (χ0n) is 10.4. The van der Waals surface area contributed by atoms with E-state index in [0.717, 1.165) is 11.1 Å². The molecule has 2 N–H and O–H groups in total. The quantitative estimate of drug-likeness (QED) is 0.757. The summed E-state index contributed by atoms with van der Waals surface area (Å²) >= 11 is 0. The van der Waals surface area contributed by atoms with Crippen LogP contribution in [0.15, 0.2) is 42.6 Å². The number of pyridine rings is 1. The smallest absolute Gasteiger partial charge is 0.341 e. The van der Waals surface area contributed by atoms with Crippen molar-refractivity contribution in [1.29, 1.82) is 0 Å². The molecule has 0 aliphatic carbocycles. The van der Waals surface area contributed by atoms with Crippen molar-refractivity contribution in [3.63, 3.8) is 0 Å². The molecule has 0 saturated carbocycles. The number of imidazole rings is 1. The lowest BCUT2D eigenvalue weighted by molar-refractivity contribution is -0.139. The van der Waals surface area contributed by atoms with Gasteiger partial charge in [-0.05, 0) is 24.3 Å². The average molecular weight is 269 g/mol. The molecule has 3 aromatic rings. The summed E-state index contributed by atoms with van der Waals surface area (Å²) in [6, 6.07) is 10.8. The topological polar surface area (TPSA) is 88.1 Å². The van der Waals surface area contributed by atoms with Crippen LogP contribution in [0.25, 0.3) is 22.6 Å². The number of aromatic amines is 1. The Kier molecular flexibility index (Phi) is 3.04. The molecule has 2 aromatic heterocycles. The first-order chi connectivity index (χ1) is 9.72. The fraction of sp³-hybridized carbons (Fsp3) is 0.0714. The number of hydrogen-bond acceptors (Lipinski definition) is 4. The van der Waals surface area contributed by atoms with Gasteiger partial charge in [0.2, 0.25) is 0 Å². The summed E-state index contributed by atoms with van der Waals surface area (Å²) in [5.41, 5.74) is 2.30. The number of fused-ring (bicyclic) bond motifs is 1. The van der Waals surface area contributed by atoms with Gasteiger partial charge in [0, 0.05) is 11.8 Å². The summed E-state index contributed by atoms with van der Waals surface area (Å²) in [7, 11) is 0. The van der Waals surface area contributed by atoms with Crippen LogP contribution in [0, 0.1) is 0 Å². The van der Waals surface area contributed by atoms with Crippen molar-refractivity contribution >= 4 is 17.1 Å². The first-order valence-corrected chi connectivity index (χ1v) is 5.98. The van der Waals surface area contributed by atoms with Gasteiger partial charge in [-0.25, -0.2) is 14.8 Å². The monoisotopic (exact) mass is 269 g/mol. The molecule has 6 nitrogen and oxygen atoms in total. The third-order valence-electron chi connectivity index (χ3n) is 2.73. The van der Waals surface area contributed by atoms with E-state index < -0.39 is 5.97 Å². The molecule has 0 radical (unpaired) electrons. The minimum absolute atomic E-state index is 0.370. The van der Waals surface area contributed by atoms with Gasteiger partial charge < -0.3 is 14.8 Å². The second-order valence-electron chi connectivity index (χ2n) is 4.17. The van der Waals surface area contributed by atoms with Crippen LogP contribution in [0.4, 0.5) is 0 Å². The molecule has 1 aromatic carbocycles. The molecule has 6 heteroatoms. The van der Waals surface area contributed by atoms with Crippen molar-refractivity contribution in [3.8, 4) is 17.1 Å². The average Bonchev–Trinajstić information content (AvgIpc) is 2.89. The number of benzene rings is 1. The van der Waals surface area contributed by atoms with Crippen molar-refractivity contribution in [2.45, 2.75) is 0 Å². The lowest BCUT2D eigenvalue weighted by Crippen LogP contribution is -2.09. The third kappa shape index (κ3) is 2.44. The van der Waals surface area contributed by atoms with Crippen LogP contribution in [0.1, 0.15) is 0 Å². The van der Waals surface area contributed by atoms with E-state index in [2.05, 4.69) is 15.0 Å². The Labute approximate surface area is 114 Å². The lowest BCUT2D eigenvalue weighted by atomic mass is 10.2. The number of carbonyl (C=O) groups is 1. The number of aliphatic carboxylic acids is 1. The maximum atomic E-state index is 10.5. The van der Waals surface area contributed by atoms with E-state index >= 15 is 0 Å². The van der Waals surface area contributed by atoms with Gasteiger partial charge in [0.25, 0.3) is 0 Å². The second-order valence-corrected chi connectivity index (χ2v) is 4.17. The minimum atomic E-state index is -1.01. The molecular formula is C14H11N3O3. The number of aromatic nitrogens is 3. The fourth-order valence-electron chi connectivity index (χ4n) is 1.86. The predicted molar refractivity (Wildman–Crippen MR) is 72.5 cm³/mol. The Hall–Kier alpha value is -2.89. The SMILES string of the molecule is O=C(O)COc1cccc(-c2nc3ncccc3[nH]2)c1. The molecule has 0 aliphatic heterocycles. The molecule has 0 fully saturated rings. The standard InChI is InChI=1S/C14H11N3O3/c18-12(19)8-20-10-4-1-3-9(7-10)13-16-11-5-2-6-15-14(11)17-13/h1-7H,8H2,(H,18,19)(H,15,16,17). The molecule has 0 unspecified atom stereocenters. The molecule has 0 saturated heterocycles. The van der Waals surface area contributed by atoms with E-state index in [1.54, 1.807) is 24.4 Å². The first kappa shape index (κ1) is 12.2. The summed E-state index contributed by atoms with van der Waals surface area (Å²) in [4.78, 5) is 22.2. The van der Waals surface area contributed by atoms with Gasteiger partial charge in [-0.15, -0.1) is 0 Å². The van der Waals surface area contributed by atoms with Gasteiger partial charge in [-0.3, -0.25) is 0 Å². The summed E-state index contributed by atoms with van der Waals surface area (Å²) in [5.74, 6) is 0.140. The van der Waals surface area contributed by atoms with Gasteiger partial charge in [-0.1, -0.05) is 12.1 Å². The number of nitrogens with zero attached hydrogens (tertiary/aromatic N) is 2. The predicted octanol–water partition coefficient (Wildman–Crippen LogP) is 2.09. The van der Waals surface area contributed by atoms with E-state index in [9.17, 15) is 4.79 Å². The molecule has 100 valence electrons. The van der Waals surface area contributed by atoms with Crippen molar-refractivity contribution < 1.29 is 14.6 Å². The zero-order valence-corrected chi connectivity index (χ0v) is 10.4. The molecule has 3 rings (SSSR count). The van der Waals surface area contributed by atoms with Crippen LogP contribution in [-0.2, 0) is 4.79 Å². The lowest BCUT2D eigenvalue weighted by Gasteiger charge is -2.04. The maximum Gasteiger partial charge on any atom is 0.341 e. The number of H-pyrrole nitrogens is 1. The van der Waals surface area contributed by atoms with Crippen LogP contribution in [-0.4, -0.2) is 32.6 Å². The third-order valence-corrected chi connectivity index (χ3v) is 2.73. The Bertz CT molecular complexity index is 734. The summed E-state index contributed by atoms with van der Waals surface area (Å²) in [6.07, 6.45) is 1.68. The normalized spacial score (nSPS) is 10.6. The Morgan fingerprint density at radius 1 is 1.30 bits per heavy atom. The van der Waals surface area contributed by atoms with E-state index in [4.69, 9.17) is 9.84 Å². The van der Waals surface area contributed by atoms with E-state index in [-0.39, 0.29) is 6.61 Å². The zero-order chi connectivity index (χ0) is 13.9. The Morgan fingerprint density at radius 3 is 3.00 bits per heavy atom. The van der Waals surface area contributed by atoms with Crippen molar-refractivity contribution in [3.05, 3.63) is 42.6 Å². The molecule has 20 heavy (non-hydrogen) atoms. The van der Waals surface area contributed by atoms with Crippen LogP contribution in [0.2, 0.25) is 0 Å². The Morgan fingerprint density at radius 2 is 2.20 bits per heavy atom. The van der Waals surface area contributed by atoms with Crippen molar-refractivity contribution in [1.82, 2.24) is 15.0 Å². The number of ether oxygens (including phenoxy) is 1. The van der Waals surface area contributed by atoms with Crippen LogP contribution >= 0.6 is 0 Å². The van der Waals surface area contributed by atoms with E-state index in [1.165, 1.54) is 0 Å². The highest BCUT2D eigenvalue weighted by Crippen LogP contribution is 2.23. The van der Waals surface area contributed by atoms with Gasteiger partial charge in [0.05, 0.1) is 5.52 Å². The van der Waals surface area contributed by atoms with Crippen molar-refractivity contribution in [2.75, 3.05) is 6.61 Å². The molecule has 0 spiro atoms. The Balaban J connectivity index is 1.93. The first-order valence-electron chi connectivity index (χ1n) is 5.98. The highest BCUT2D eigenvalue weighted by molar-refractivity contribution is 5.75. The molecule has 0 amide bonds. The van der Waals surface area contributed by atoms with Crippen LogP contribution < -0.4 is 4.74 Å². The summed E-state index contributed by atoms with van der Waals surface area (Å²) in [5, 5.41) is 8.60. The second kappa shape index (κ2) is 5.00. The van der Waals surface area contributed by atoms with Gasteiger partial charge in [-0.2, -0.15) is 0 Å². The van der Waals surface area contributed by atoms with Gasteiger partial charge in [0.15, 0.2) is 12.3 Å². The van der Waals surface area contributed by atoms with Gasteiger partial charge in [0.1, 0.15) is 11.6 Å². The number of rotatable bonds is 4. The molecule has 0 aliphatic rings. The van der Waals surface area contributed by atoms with E-state index in [0.29, 0.717) is 17.2 Å². The number of hydrogen-bond donors (Lipinski definition) is 2. The number of carboxylic acid groups (broad SMARTS) is 1. The van der Waals surface area contributed by atoms with E-state index in [1.807, 2.05) is 18.2 Å². The highest BCUT2D eigenvalue weighted by atomic mass is 16.5. The number of nitrogens with one attached hydrogen (secondary N) is 1. The maximum absolute atomic E-state index is 10.5. The summed E-state index contributed by atoms with van der Waals surface area (Å²) in [6.45, 7) is -0.370. The van der Waals surface area contributed by atoms with Crippen LogP contribution in [0.3, 0.4) is 0 Å². The summed E-state index contributed by atoms with van der Waals surface area (Å²) < 4.78 is 5.15. The van der Waals surface area contributed by atoms with Gasteiger partial charge >= 0.3 is 5.97 Å². The molecule has 0 bridgehead atoms. The fourth-order valence-corrected chi connectivity index (χ4v) is 1.86. The molecular weight excluding hydrogens is 258 g/mol. The largest absolute Gasteiger partial charge is 0.482 e. The highest BCUT2D eigenvalue weighted by Gasteiger charge is 2.07. The van der Waals surface area contributed by atoms with Crippen LogP contribution in [0.5, 0.6) is 5.75 Å².